The van der Waals surface area contributed by atoms with E-state index in [2.05, 4.69) is 0 Å². The summed E-state index contributed by atoms with van der Waals surface area (Å²) in [7, 11) is 0. The molecule has 0 spiro atoms. The Kier molecular flexibility index (Phi) is 12.0. The molecule has 1 atom stereocenters. The Labute approximate surface area is 153 Å². The first-order chi connectivity index (χ1) is 9.56. The SMILES string of the molecule is CCC(OC(C)C)C(=O)C(OC(C)C)(OC(C)C)C(C)=O.[Zr]. The third-order valence-electron chi connectivity index (χ3n) is 2.69. The summed E-state index contributed by atoms with van der Waals surface area (Å²) in [6.07, 6.45) is -1.05. The van der Waals surface area contributed by atoms with Gasteiger partial charge in [0.1, 0.15) is 6.10 Å². The second-order valence-corrected chi connectivity index (χ2v) is 5.95. The minimum atomic E-state index is -1.89. The van der Waals surface area contributed by atoms with E-state index < -0.39 is 23.5 Å². The van der Waals surface area contributed by atoms with Crippen molar-refractivity contribution in [1.29, 1.82) is 0 Å². The molecule has 0 N–H and O–H groups in total. The van der Waals surface area contributed by atoms with E-state index in [-0.39, 0.29) is 44.5 Å². The van der Waals surface area contributed by atoms with Gasteiger partial charge in [0, 0.05) is 33.1 Å². The van der Waals surface area contributed by atoms with Gasteiger partial charge in [0.2, 0.25) is 5.78 Å². The molecule has 0 rings (SSSR count). The van der Waals surface area contributed by atoms with Crippen molar-refractivity contribution in [3.05, 3.63) is 0 Å². The molecule has 0 bridgehead atoms. The average Bonchev–Trinajstić information content (AvgIpc) is 2.32. The zero-order valence-electron chi connectivity index (χ0n) is 15.1. The van der Waals surface area contributed by atoms with E-state index in [0.717, 1.165) is 0 Å². The molecule has 0 fully saturated rings. The second kappa shape index (κ2) is 10.8. The summed E-state index contributed by atoms with van der Waals surface area (Å²) in [4.78, 5) is 25.0. The molecule has 128 valence electrons. The molecule has 0 saturated carbocycles. The topological polar surface area (TPSA) is 61.8 Å². The predicted molar refractivity (Wildman–Crippen MR) is 81.2 cm³/mol. The van der Waals surface area contributed by atoms with E-state index in [9.17, 15) is 9.59 Å². The van der Waals surface area contributed by atoms with E-state index in [1.54, 1.807) is 27.7 Å². The maximum absolute atomic E-state index is 12.8. The van der Waals surface area contributed by atoms with Crippen LogP contribution in [0, 0.1) is 0 Å². The Morgan fingerprint density at radius 3 is 1.55 bits per heavy atom. The van der Waals surface area contributed by atoms with Crippen LogP contribution in [0.5, 0.6) is 0 Å². The molecule has 5 nitrogen and oxygen atoms in total. The molecule has 0 aliphatic carbocycles. The predicted octanol–water partition coefficient (Wildman–Crippen LogP) is 2.89. The van der Waals surface area contributed by atoms with Crippen LogP contribution in [-0.2, 0) is 50.0 Å². The first kappa shape index (κ1) is 24.4. The van der Waals surface area contributed by atoms with Crippen LogP contribution in [0.1, 0.15) is 61.8 Å². The molecular formula is C16H30O5Zr. The van der Waals surface area contributed by atoms with Gasteiger partial charge in [-0.2, -0.15) is 0 Å². The van der Waals surface area contributed by atoms with Gasteiger partial charge in [0.15, 0.2) is 5.78 Å². The van der Waals surface area contributed by atoms with Gasteiger partial charge in [-0.1, -0.05) is 6.92 Å². The number of hydrogen-bond acceptors (Lipinski definition) is 5. The number of rotatable bonds is 10. The van der Waals surface area contributed by atoms with Gasteiger partial charge in [0.05, 0.1) is 18.3 Å². The van der Waals surface area contributed by atoms with Crippen molar-refractivity contribution in [2.45, 2.75) is 92.0 Å². The summed E-state index contributed by atoms with van der Waals surface area (Å²) in [5.41, 5.74) is 0. The van der Waals surface area contributed by atoms with Crippen LogP contribution in [0.3, 0.4) is 0 Å². The van der Waals surface area contributed by atoms with E-state index in [0.29, 0.717) is 6.42 Å². The fourth-order valence-corrected chi connectivity index (χ4v) is 2.03. The summed E-state index contributed by atoms with van der Waals surface area (Å²) in [6.45, 7) is 13.9. The van der Waals surface area contributed by atoms with Crippen molar-refractivity contribution in [3.63, 3.8) is 0 Å². The molecule has 0 heterocycles. The molecule has 22 heavy (non-hydrogen) atoms. The molecule has 0 aliphatic rings. The van der Waals surface area contributed by atoms with Crippen molar-refractivity contribution in [1.82, 2.24) is 0 Å². The van der Waals surface area contributed by atoms with Crippen LogP contribution in [-0.4, -0.2) is 41.8 Å². The fraction of sp³-hybridized carbons (Fsp3) is 0.875. The van der Waals surface area contributed by atoms with E-state index in [1.807, 2.05) is 20.8 Å². The fourth-order valence-electron chi connectivity index (χ4n) is 2.03. The third-order valence-corrected chi connectivity index (χ3v) is 2.69. The van der Waals surface area contributed by atoms with Crippen LogP contribution in [0.2, 0.25) is 0 Å². The zero-order chi connectivity index (χ0) is 16.8. The van der Waals surface area contributed by atoms with Gasteiger partial charge >= 0.3 is 0 Å². The maximum Gasteiger partial charge on any atom is 0.293 e. The molecule has 0 radical (unpaired) electrons. The molecular weight excluding hydrogens is 363 g/mol. The number of Topliss-reactive ketones (excluding diaryl/α,β-unsaturated/α-hetero) is 2. The van der Waals surface area contributed by atoms with Gasteiger partial charge in [-0.25, -0.2) is 0 Å². The van der Waals surface area contributed by atoms with Gasteiger partial charge < -0.3 is 14.2 Å². The molecule has 0 aromatic carbocycles. The Morgan fingerprint density at radius 2 is 1.32 bits per heavy atom. The van der Waals surface area contributed by atoms with Crippen molar-refractivity contribution < 1.29 is 50.0 Å². The molecule has 0 amide bonds. The summed E-state index contributed by atoms with van der Waals surface area (Å²) in [6, 6.07) is 0. The molecule has 0 aliphatic heterocycles. The maximum atomic E-state index is 12.8. The summed E-state index contributed by atoms with van der Waals surface area (Å²) >= 11 is 0. The van der Waals surface area contributed by atoms with Crippen molar-refractivity contribution >= 4 is 11.6 Å². The Bertz CT molecular complexity index is 342. The smallest absolute Gasteiger partial charge is 0.293 e. The minimum absolute atomic E-state index is 0. The molecule has 1 unspecified atom stereocenters. The number of hydrogen-bond donors (Lipinski definition) is 0. The van der Waals surface area contributed by atoms with E-state index >= 15 is 0 Å². The van der Waals surface area contributed by atoms with Crippen molar-refractivity contribution in [3.8, 4) is 0 Å². The van der Waals surface area contributed by atoms with E-state index in [4.69, 9.17) is 14.2 Å². The molecule has 0 aromatic rings. The van der Waals surface area contributed by atoms with Crippen LogP contribution < -0.4 is 0 Å². The number of ether oxygens (including phenoxy) is 3. The third kappa shape index (κ3) is 7.12. The number of ketones is 2. The molecule has 0 aromatic heterocycles. The van der Waals surface area contributed by atoms with Gasteiger partial charge in [-0.3, -0.25) is 9.59 Å². The normalized spacial score (nSPS) is 13.4. The zero-order valence-corrected chi connectivity index (χ0v) is 17.5. The molecule has 0 saturated heterocycles. The monoisotopic (exact) mass is 392 g/mol. The average molecular weight is 394 g/mol. The quantitative estimate of drug-likeness (QED) is 0.422. The van der Waals surface area contributed by atoms with E-state index in [1.165, 1.54) is 6.92 Å². The Morgan fingerprint density at radius 1 is 0.909 bits per heavy atom. The van der Waals surface area contributed by atoms with Crippen LogP contribution in [0.4, 0.5) is 0 Å². The second-order valence-electron chi connectivity index (χ2n) is 5.95. The molecule has 6 heteroatoms. The summed E-state index contributed by atoms with van der Waals surface area (Å²) < 4.78 is 16.9. The van der Waals surface area contributed by atoms with Gasteiger partial charge in [0.25, 0.3) is 5.79 Å². The van der Waals surface area contributed by atoms with Gasteiger partial charge in [-0.15, -0.1) is 0 Å². The minimum Gasteiger partial charge on any atom is -0.368 e. The summed E-state index contributed by atoms with van der Waals surface area (Å²) in [5.74, 6) is -2.81. The summed E-state index contributed by atoms with van der Waals surface area (Å²) in [5, 5.41) is 0. The van der Waals surface area contributed by atoms with Gasteiger partial charge in [-0.05, 0) is 48.0 Å². The number of carbonyl (C=O) groups is 2. The van der Waals surface area contributed by atoms with Crippen molar-refractivity contribution in [2.24, 2.45) is 0 Å². The van der Waals surface area contributed by atoms with Crippen LogP contribution in [0.25, 0.3) is 0 Å². The first-order valence-electron chi connectivity index (χ1n) is 7.63. The van der Waals surface area contributed by atoms with Crippen LogP contribution in [0.15, 0.2) is 0 Å². The first-order valence-corrected chi connectivity index (χ1v) is 7.63. The Balaban J connectivity index is 0. The number of carbonyl (C=O) groups excluding carboxylic acids is 2. The van der Waals surface area contributed by atoms with Crippen LogP contribution >= 0.6 is 0 Å². The standard InChI is InChI=1S/C16H30O5.Zr/c1-9-14(19-10(2)3)15(18)16(13(8)17,20-11(4)5)21-12(6)7;/h10-12,14H,9H2,1-8H3;. The van der Waals surface area contributed by atoms with Crippen molar-refractivity contribution in [2.75, 3.05) is 0 Å². The Hall–Kier alpha value is 0.103. The largest absolute Gasteiger partial charge is 0.368 e.